The Balaban J connectivity index is 1.57. The molecule has 0 atom stereocenters. The van der Waals surface area contributed by atoms with E-state index < -0.39 is 10.1 Å². The summed E-state index contributed by atoms with van der Waals surface area (Å²) in [6, 6.07) is 13.4. The first-order valence-corrected chi connectivity index (χ1v) is 9.84. The van der Waals surface area contributed by atoms with Gasteiger partial charge < -0.3 is 4.18 Å². The summed E-state index contributed by atoms with van der Waals surface area (Å²) in [6.07, 6.45) is 3.88. The minimum absolute atomic E-state index is 0.136. The molecule has 0 aliphatic heterocycles. The Morgan fingerprint density at radius 1 is 1.04 bits per heavy atom. The number of aryl methyl sites for hydroxylation is 1. The van der Waals surface area contributed by atoms with Gasteiger partial charge in [-0.3, -0.25) is 4.40 Å². The van der Waals surface area contributed by atoms with Gasteiger partial charge in [0, 0.05) is 23.3 Å². The molecule has 0 aliphatic rings. The summed E-state index contributed by atoms with van der Waals surface area (Å²) >= 11 is 1.56. The van der Waals surface area contributed by atoms with Gasteiger partial charge >= 0.3 is 10.1 Å². The number of nitrogens with zero attached hydrogens (tertiary/aromatic N) is 2. The second-order valence-electron chi connectivity index (χ2n) is 5.59. The van der Waals surface area contributed by atoms with Crippen molar-refractivity contribution in [3.63, 3.8) is 0 Å². The smallest absolute Gasteiger partial charge is 0.339 e. The van der Waals surface area contributed by atoms with Crippen LogP contribution >= 0.6 is 11.3 Å². The predicted octanol–water partition coefficient (Wildman–Crippen LogP) is 4.14. The van der Waals surface area contributed by atoms with Gasteiger partial charge in [-0.1, -0.05) is 17.7 Å². The van der Waals surface area contributed by atoms with Crippen LogP contribution in [0.1, 0.15) is 5.56 Å². The van der Waals surface area contributed by atoms with Crippen LogP contribution in [-0.2, 0) is 10.1 Å². The van der Waals surface area contributed by atoms with Crippen LogP contribution in [-0.4, -0.2) is 17.8 Å². The molecule has 2 aromatic carbocycles. The summed E-state index contributed by atoms with van der Waals surface area (Å²) < 4.78 is 31.8. The zero-order valence-corrected chi connectivity index (χ0v) is 14.9. The zero-order valence-electron chi connectivity index (χ0n) is 13.3. The van der Waals surface area contributed by atoms with Crippen molar-refractivity contribution in [1.29, 1.82) is 0 Å². The largest absolute Gasteiger partial charge is 0.379 e. The van der Waals surface area contributed by atoms with E-state index in [1.807, 2.05) is 29.1 Å². The average molecular weight is 370 g/mol. The lowest BCUT2D eigenvalue weighted by Gasteiger charge is -2.07. The number of imidazole rings is 1. The Morgan fingerprint density at radius 2 is 1.76 bits per heavy atom. The van der Waals surface area contributed by atoms with E-state index in [1.165, 1.54) is 12.1 Å². The molecule has 2 aromatic heterocycles. The van der Waals surface area contributed by atoms with Gasteiger partial charge in [0.1, 0.15) is 10.6 Å². The van der Waals surface area contributed by atoms with Gasteiger partial charge in [-0.25, -0.2) is 4.98 Å². The highest BCUT2D eigenvalue weighted by Crippen LogP contribution is 2.25. The standard InChI is InChI=1S/C18H14N2O3S2/c1-13-2-8-16(9-3-13)25(21,22)23-15-6-4-14(5-7-15)17-12-20-10-11-24-18(20)19-17/h2-12H,1H3. The number of hydrogen-bond donors (Lipinski definition) is 0. The maximum Gasteiger partial charge on any atom is 0.339 e. The maximum absolute atomic E-state index is 12.3. The van der Waals surface area contributed by atoms with Crippen LogP contribution in [0, 0.1) is 6.92 Å². The monoisotopic (exact) mass is 370 g/mol. The van der Waals surface area contributed by atoms with Gasteiger partial charge in [0.15, 0.2) is 4.96 Å². The van der Waals surface area contributed by atoms with Crippen molar-refractivity contribution in [1.82, 2.24) is 9.38 Å². The Kier molecular flexibility index (Phi) is 3.82. The van der Waals surface area contributed by atoms with Crippen molar-refractivity contribution in [2.75, 3.05) is 0 Å². The topological polar surface area (TPSA) is 60.7 Å². The van der Waals surface area contributed by atoms with Crippen molar-refractivity contribution in [3.05, 3.63) is 71.9 Å². The van der Waals surface area contributed by atoms with Crippen LogP contribution in [0.4, 0.5) is 0 Å². The molecule has 0 spiro atoms. The molecule has 0 saturated heterocycles. The van der Waals surface area contributed by atoms with Gasteiger partial charge in [0.05, 0.1) is 5.69 Å². The third-order valence-corrected chi connectivity index (χ3v) is 5.79. The van der Waals surface area contributed by atoms with E-state index in [0.717, 1.165) is 21.8 Å². The summed E-state index contributed by atoms with van der Waals surface area (Å²) in [5.41, 5.74) is 2.72. The molecule has 0 saturated carbocycles. The highest BCUT2D eigenvalue weighted by atomic mass is 32.2. The van der Waals surface area contributed by atoms with E-state index in [4.69, 9.17) is 4.18 Å². The first-order chi connectivity index (χ1) is 12.0. The summed E-state index contributed by atoms with van der Waals surface area (Å²) in [6.45, 7) is 1.90. The van der Waals surface area contributed by atoms with Gasteiger partial charge in [-0.15, -0.1) is 11.3 Å². The third kappa shape index (κ3) is 3.16. The molecule has 126 valence electrons. The minimum atomic E-state index is -3.84. The van der Waals surface area contributed by atoms with E-state index in [2.05, 4.69) is 4.98 Å². The molecular weight excluding hydrogens is 356 g/mol. The molecule has 0 radical (unpaired) electrons. The Morgan fingerprint density at radius 3 is 2.44 bits per heavy atom. The SMILES string of the molecule is Cc1ccc(S(=O)(=O)Oc2ccc(-c3cn4ccsc4n3)cc2)cc1. The molecular formula is C18H14N2O3S2. The molecule has 4 aromatic rings. The molecule has 5 nitrogen and oxygen atoms in total. The fraction of sp³-hybridized carbons (Fsp3) is 0.0556. The number of aromatic nitrogens is 2. The molecule has 0 fully saturated rings. The summed E-state index contributed by atoms with van der Waals surface area (Å²) in [5, 5.41) is 1.97. The minimum Gasteiger partial charge on any atom is -0.379 e. The van der Waals surface area contributed by atoms with Crippen molar-refractivity contribution >= 4 is 26.4 Å². The van der Waals surface area contributed by atoms with Crippen LogP contribution in [0.15, 0.2) is 71.2 Å². The molecule has 2 heterocycles. The molecule has 0 amide bonds. The van der Waals surface area contributed by atoms with Crippen LogP contribution in [0.5, 0.6) is 5.75 Å². The van der Waals surface area contributed by atoms with Gasteiger partial charge in [-0.2, -0.15) is 8.42 Å². The number of benzene rings is 2. The summed E-state index contributed by atoms with van der Waals surface area (Å²) in [4.78, 5) is 5.58. The van der Waals surface area contributed by atoms with Crippen LogP contribution < -0.4 is 4.18 Å². The lowest BCUT2D eigenvalue weighted by molar-refractivity contribution is 0.486. The number of rotatable bonds is 4. The molecule has 0 unspecified atom stereocenters. The van der Waals surface area contributed by atoms with Crippen molar-refractivity contribution in [2.24, 2.45) is 0 Å². The second kappa shape index (κ2) is 6.02. The van der Waals surface area contributed by atoms with Crippen molar-refractivity contribution in [3.8, 4) is 17.0 Å². The third-order valence-electron chi connectivity index (χ3n) is 3.76. The normalized spacial score (nSPS) is 11.7. The van der Waals surface area contributed by atoms with Gasteiger partial charge in [0.2, 0.25) is 0 Å². The Bertz CT molecular complexity index is 1100. The number of thiazole rings is 1. The van der Waals surface area contributed by atoms with Crippen LogP contribution in [0.2, 0.25) is 0 Å². The van der Waals surface area contributed by atoms with Crippen molar-refractivity contribution < 1.29 is 12.6 Å². The van der Waals surface area contributed by atoms with E-state index in [0.29, 0.717) is 0 Å². The fourth-order valence-electron chi connectivity index (χ4n) is 2.43. The maximum atomic E-state index is 12.3. The van der Waals surface area contributed by atoms with Crippen molar-refractivity contribution in [2.45, 2.75) is 11.8 Å². The molecule has 7 heteroatoms. The molecule has 25 heavy (non-hydrogen) atoms. The summed E-state index contributed by atoms with van der Waals surface area (Å²) in [5.74, 6) is 0.269. The average Bonchev–Trinajstić information content (AvgIpc) is 3.17. The second-order valence-corrected chi connectivity index (χ2v) is 8.01. The molecule has 0 bridgehead atoms. The highest BCUT2D eigenvalue weighted by Gasteiger charge is 2.16. The quantitative estimate of drug-likeness (QED) is 0.507. The lowest BCUT2D eigenvalue weighted by atomic mass is 10.2. The van der Waals surface area contributed by atoms with Gasteiger partial charge in [0.25, 0.3) is 0 Å². The summed E-state index contributed by atoms with van der Waals surface area (Å²) in [7, 11) is -3.84. The predicted molar refractivity (Wildman–Crippen MR) is 97.5 cm³/mol. The Labute approximate surface area is 149 Å². The first kappa shape index (κ1) is 15.9. The molecule has 0 aliphatic carbocycles. The van der Waals surface area contributed by atoms with E-state index in [9.17, 15) is 8.42 Å². The zero-order chi connectivity index (χ0) is 17.4. The van der Waals surface area contributed by atoms with E-state index in [-0.39, 0.29) is 10.6 Å². The molecule has 0 N–H and O–H groups in total. The van der Waals surface area contributed by atoms with E-state index in [1.54, 1.807) is 47.7 Å². The van der Waals surface area contributed by atoms with Crippen LogP contribution in [0.25, 0.3) is 16.2 Å². The lowest BCUT2D eigenvalue weighted by Crippen LogP contribution is -2.09. The first-order valence-electron chi connectivity index (χ1n) is 7.55. The van der Waals surface area contributed by atoms with E-state index >= 15 is 0 Å². The molecule has 4 rings (SSSR count). The Hall–Kier alpha value is -2.64. The van der Waals surface area contributed by atoms with Gasteiger partial charge in [-0.05, 0) is 43.3 Å². The number of fused-ring (bicyclic) bond motifs is 1. The highest BCUT2D eigenvalue weighted by molar-refractivity contribution is 7.87. The number of hydrogen-bond acceptors (Lipinski definition) is 5. The fourth-order valence-corrected chi connectivity index (χ4v) is 4.06. The van der Waals surface area contributed by atoms with Crippen LogP contribution in [0.3, 0.4) is 0 Å².